The zero-order valence-electron chi connectivity index (χ0n) is 22.9. The highest BCUT2D eigenvalue weighted by atomic mass is 35.5. The standard InChI is InChI=1S/C30H29ClFN5O4S/c1-3-4-15-37-28-25(29(38)36-30(37)39)34-27(35-28)22(16-20-7-5-6-8-23(20)32)19-12-10-18(11-13-19)21-14-9-17(2)26(24(21)31)42(33,40)41/h5-14,22H,3-4,15-16H2,1-2H3,(H,34,35)(H2,33,40,41)(H,36,38,39). The summed E-state index contributed by atoms with van der Waals surface area (Å²) in [4.78, 5) is 35.3. The Balaban J connectivity index is 1.63. The van der Waals surface area contributed by atoms with E-state index in [4.69, 9.17) is 21.7 Å². The largest absolute Gasteiger partial charge is 0.336 e. The minimum Gasteiger partial charge on any atom is -0.336 e. The van der Waals surface area contributed by atoms with E-state index in [9.17, 15) is 22.4 Å². The highest BCUT2D eigenvalue weighted by Crippen LogP contribution is 2.36. The first-order valence-corrected chi connectivity index (χ1v) is 15.3. The molecule has 0 aliphatic rings. The van der Waals surface area contributed by atoms with Gasteiger partial charge in [0.1, 0.15) is 22.1 Å². The smallest absolute Gasteiger partial charge is 0.330 e. The van der Waals surface area contributed by atoms with Crippen molar-refractivity contribution in [2.75, 3.05) is 0 Å². The minimum absolute atomic E-state index is 0.0229. The number of nitrogens with zero attached hydrogens (tertiary/aromatic N) is 2. The number of sulfonamides is 1. The maximum atomic E-state index is 14.8. The molecule has 2 aromatic heterocycles. The molecule has 4 N–H and O–H groups in total. The molecule has 3 aromatic carbocycles. The summed E-state index contributed by atoms with van der Waals surface area (Å²) >= 11 is 6.50. The number of H-pyrrole nitrogens is 2. The van der Waals surface area contributed by atoms with Gasteiger partial charge >= 0.3 is 5.69 Å². The Morgan fingerprint density at radius 2 is 1.76 bits per heavy atom. The summed E-state index contributed by atoms with van der Waals surface area (Å²) in [6.07, 6.45) is 1.78. The number of primary sulfonamides is 1. The molecule has 9 nitrogen and oxygen atoms in total. The molecule has 0 amide bonds. The fourth-order valence-electron chi connectivity index (χ4n) is 5.12. The molecule has 218 valence electrons. The van der Waals surface area contributed by atoms with Crippen LogP contribution in [0.3, 0.4) is 0 Å². The molecule has 0 saturated carbocycles. The van der Waals surface area contributed by atoms with Crippen molar-refractivity contribution in [3.63, 3.8) is 0 Å². The Bertz CT molecular complexity index is 2020. The predicted octanol–water partition coefficient (Wildman–Crippen LogP) is 5.00. The van der Waals surface area contributed by atoms with Crippen molar-refractivity contribution in [2.45, 2.75) is 50.5 Å². The molecule has 5 aromatic rings. The second-order valence-corrected chi connectivity index (χ2v) is 12.0. The number of hydrogen-bond acceptors (Lipinski definition) is 5. The van der Waals surface area contributed by atoms with Crippen molar-refractivity contribution in [1.29, 1.82) is 0 Å². The van der Waals surface area contributed by atoms with E-state index in [0.717, 1.165) is 18.4 Å². The Morgan fingerprint density at radius 3 is 2.43 bits per heavy atom. The Hall–Kier alpha value is -4.06. The molecule has 1 atom stereocenters. The van der Waals surface area contributed by atoms with Crippen molar-refractivity contribution in [1.82, 2.24) is 19.5 Å². The fraction of sp³-hybridized carbons (Fsp3) is 0.233. The number of nitrogens with two attached hydrogens (primary N) is 1. The number of fused-ring (bicyclic) bond motifs is 1. The molecule has 0 saturated heterocycles. The molecular weight excluding hydrogens is 581 g/mol. The molecule has 12 heteroatoms. The molecular formula is C30H29ClFN5O4S. The van der Waals surface area contributed by atoms with Gasteiger partial charge in [-0.15, -0.1) is 0 Å². The van der Waals surface area contributed by atoms with Crippen LogP contribution in [0.5, 0.6) is 0 Å². The van der Waals surface area contributed by atoms with Crippen LogP contribution >= 0.6 is 11.6 Å². The van der Waals surface area contributed by atoms with Gasteiger partial charge in [-0.2, -0.15) is 0 Å². The molecule has 0 radical (unpaired) electrons. The van der Waals surface area contributed by atoms with E-state index in [1.807, 2.05) is 19.1 Å². The summed E-state index contributed by atoms with van der Waals surface area (Å²) in [5, 5.41) is 5.43. The van der Waals surface area contributed by atoms with Gasteiger partial charge in [-0.25, -0.2) is 27.7 Å². The summed E-state index contributed by atoms with van der Waals surface area (Å²) in [5.41, 5.74) is 2.04. The third kappa shape index (κ3) is 5.67. The lowest BCUT2D eigenvalue weighted by molar-refractivity contribution is 0.596. The summed E-state index contributed by atoms with van der Waals surface area (Å²) in [7, 11) is -4.05. The number of nitrogens with one attached hydrogen (secondary N) is 2. The van der Waals surface area contributed by atoms with Crippen molar-refractivity contribution >= 4 is 32.8 Å². The number of unbranched alkanes of at least 4 members (excludes halogenated alkanes) is 1. The predicted molar refractivity (Wildman–Crippen MR) is 161 cm³/mol. The molecule has 0 spiro atoms. The highest BCUT2D eigenvalue weighted by molar-refractivity contribution is 7.89. The second-order valence-electron chi connectivity index (χ2n) is 10.2. The maximum absolute atomic E-state index is 14.8. The van der Waals surface area contributed by atoms with Crippen LogP contribution in [0.1, 0.15) is 48.2 Å². The van der Waals surface area contributed by atoms with Gasteiger partial charge in [0.05, 0.1) is 5.02 Å². The lowest BCUT2D eigenvalue weighted by Crippen LogP contribution is -2.30. The average Bonchev–Trinajstić information content (AvgIpc) is 3.38. The zero-order chi connectivity index (χ0) is 30.2. The zero-order valence-corrected chi connectivity index (χ0v) is 24.5. The van der Waals surface area contributed by atoms with Crippen LogP contribution < -0.4 is 16.4 Å². The lowest BCUT2D eigenvalue weighted by atomic mass is 9.90. The SMILES string of the molecule is CCCCn1c(=O)[nH]c(=O)c2[nH]c(C(Cc3ccccc3F)c3ccc(-c4ccc(C)c(S(N)(=O)=O)c4Cl)cc3)nc21. The van der Waals surface area contributed by atoms with E-state index in [1.54, 1.807) is 49.4 Å². The highest BCUT2D eigenvalue weighted by Gasteiger charge is 2.24. The number of aryl methyl sites for hydroxylation is 2. The lowest BCUT2D eigenvalue weighted by Gasteiger charge is -2.17. The number of hydrogen-bond donors (Lipinski definition) is 3. The molecule has 2 heterocycles. The Kier molecular flexibility index (Phi) is 8.18. The minimum atomic E-state index is -4.05. The summed E-state index contributed by atoms with van der Waals surface area (Å²) in [6.45, 7) is 4.00. The van der Waals surface area contributed by atoms with Gasteiger partial charge in [-0.3, -0.25) is 14.3 Å². The van der Waals surface area contributed by atoms with Crippen LogP contribution in [-0.4, -0.2) is 27.9 Å². The summed E-state index contributed by atoms with van der Waals surface area (Å²) < 4.78 is 40.6. The van der Waals surface area contributed by atoms with Crippen LogP contribution in [0.15, 0.2) is 75.1 Å². The van der Waals surface area contributed by atoms with Gasteiger partial charge in [0.2, 0.25) is 10.0 Å². The molecule has 0 fully saturated rings. The van der Waals surface area contributed by atoms with Crippen LogP contribution in [0.4, 0.5) is 4.39 Å². The molecule has 0 aliphatic carbocycles. The monoisotopic (exact) mass is 609 g/mol. The third-order valence-corrected chi connectivity index (χ3v) is 8.90. The van der Waals surface area contributed by atoms with Crippen LogP contribution in [-0.2, 0) is 23.0 Å². The second kappa shape index (κ2) is 11.7. The first-order valence-electron chi connectivity index (χ1n) is 13.4. The quantitative estimate of drug-likeness (QED) is 0.215. The summed E-state index contributed by atoms with van der Waals surface area (Å²) in [6, 6.07) is 17.0. The molecule has 5 rings (SSSR count). The number of halogens is 2. The molecule has 1 unspecified atom stereocenters. The molecule has 0 bridgehead atoms. The first-order chi connectivity index (χ1) is 20.0. The van der Waals surface area contributed by atoms with Crippen molar-refractivity contribution < 1.29 is 12.8 Å². The molecule has 0 aliphatic heterocycles. The fourth-order valence-corrected chi connectivity index (χ4v) is 6.64. The van der Waals surface area contributed by atoms with Gasteiger partial charge in [-0.1, -0.05) is 79.5 Å². The molecule has 42 heavy (non-hydrogen) atoms. The number of aromatic amines is 2. The normalized spacial score (nSPS) is 12.6. The van der Waals surface area contributed by atoms with Gasteiger partial charge in [0, 0.05) is 18.0 Å². The topological polar surface area (TPSA) is 144 Å². The van der Waals surface area contributed by atoms with Gasteiger partial charge in [0.25, 0.3) is 5.56 Å². The van der Waals surface area contributed by atoms with Crippen LogP contribution in [0.25, 0.3) is 22.3 Å². The van der Waals surface area contributed by atoms with E-state index >= 15 is 0 Å². The van der Waals surface area contributed by atoms with E-state index in [-0.39, 0.29) is 33.3 Å². The van der Waals surface area contributed by atoms with Crippen molar-refractivity contribution in [3.05, 3.63) is 115 Å². The average molecular weight is 610 g/mol. The first kappa shape index (κ1) is 29.4. The van der Waals surface area contributed by atoms with E-state index in [2.05, 4.69) is 9.97 Å². The maximum Gasteiger partial charge on any atom is 0.330 e. The Morgan fingerprint density at radius 1 is 1.05 bits per heavy atom. The Labute approximate surface area is 246 Å². The number of rotatable bonds is 9. The number of aromatic nitrogens is 4. The van der Waals surface area contributed by atoms with Crippen molar-refractivity contribution in [3.8, 4) is 11.1 Å². The number of benzene rings is 3. The number of imidazole rings is 1. The van der Waals surface area contributed by atoms with Gasteiger partial charge in [-0.05, 0) is 48.1 Å². The van der Waals surface area contributed by atoms with E-state index in [1.165, 1.54) is 10.6 Å². The van der Waals surface area contributed by atoms with E-state index < -0.39 is 27.2 Å². The van der Waals surface area contributed by atoms with Gasteiger partial charge < -0.3 is 4.98 Å². The van der Waals surface area contributed by atoms with Crippen LogP contribution in [0, 0.1) is 12.7 Å². The van der Waals surface area contributed by atoms with Gasteiger partial charge in [0.15, 0.2) is 5.65 Å². The summed E-state index contributed by atoms with van der Waals surface area (Å²) in [5.74, 6) is -0.506. The van der Waals surface area contributed by atoms with Crippen LogP contribution in [0.2, 0.25) is 5.02 Å². The van der Waals surface area contributed by atoms with E-state index in [0.29, 0.717) is 34.6 Å². The third-order valence-electron chi connectivity index (χ3n) is 7.30. The van der Waals surface area contributed by atoms with Crippen molar-refractivity contribution in [2.24, 2.45) is 5.14 Å².